The SMILES string of the molecule is C.CC.Cc1cnn(C)c1-c1cccn2cncc12. The van der Waals surface area contributed by atoms with Gasteiger partial charge in [0.15, 0.2) is 0 Å². The molecule has 0 aliphatic carbocycles. The van der Waals surface area contributed by atoms with Gasteiger partial charge in [0.25, 0.3) is 0 Å². The fourth-order valence-electron chi connectivity index (χ4n) is 2.08. The van der Waals surface area contributed by atoms with Gasteiger partial charge in [-0.05, 0) is 24.6 Å². The van der Waals surface area contributed by atoms with Crippen LogP contribution in [0, 0.1) is 6.92 Å². The van der Waals surface area contributed by atoms with Crippen LogP contribution in [0.2, 0.25) is 0 Å². The summed E-state index contributed by atoms with van der Waals surface area (Å²) in [5, 5.41) is 4.27. The summed E-state index contributed by atoms with van der Waals surface area (Å²) in [7, 11) is 1.96. The Morgan fingerprint density at radius 2 is 1.89 bits per heavy atom. The molecule has 0 radical (unpaired) electrons. The molecule has 0 saturated carbocycles. The molecule has 102 valence electrons. The number of imidazole rings is 1. The van der Waals surface area contributed by atoms with Crippen molar-refractivity contribution in [3.8, 4) is 11.3 Å². The third kappa shape index (κ3) is 2.52. The highest BCUT2D eigenvalue weighted by Crippen LogP contribution is 2.26. The van der Waals surface area contributed by atoms with Crippen LogP contribution in [-0.2, 0) is 7.05 Å². The van der Waals surface area contributed by atoms with Gasteiger partial charge in [-0.25, -0.2) is 4.98 Å². The second kappa shape index (κ2) is 6.18. The molecule has 0 bridgehead atoms. The average Bonchev–Trinajstić information content (AvgIpc) is 2.99. The molecule has 0 saturated heterocycles. The van der Waals surface area contributed by atoms with E-state index >= 15 is 0 Å². The van der Waals surface area contributed by atoms with E-state index in [1.165, 1.54) is 5.56 Å². The van der Waals surface area contributed by atoms with Gasteiger partial charge in [-0.2, -0.15) is 5.10 Å². The molecule has 0 fully saturated rings. The molecular weight excluding hydrogens is 236 g/mol. The van der Waals surface area contributed by atoms with Crippen LogP contribution in [0.5, 0.6) is 0 Å². The molecule has 4 nitrogen and oxygen atoms in total. The summed E-state index contributed by atoms with van der Waals surface area (Å²) in [6, 6.07) is 4.12. The van der Waals surface area contributed by atoms with E-state index in [1.807, 2.05) is 61.0 Å². The summed E-state index contributed by atoms with van der Waals surface area (Å²) >= 11 is 0. The number of hydrogen-bond donors (Lipinski definition) is 0. The van der Waals surface area contributed by atoms with E-state index in [9.17, 15) is 0 Å². The van der Waals surface area contributed by atoms with E-state index in [-0.39, 0.29) is 7.43 Å². The van der Waals surface area contributed by atoms with Crippen molar-refractivity contribution < 1.29 is 0 Å². The van der Waals surface area contributed by atoms with Gasteiger partial charge in [-0.15, -0.1) is 0 Å². The first-order valence-electron chi connectivity index (χ1n) is 6.17. The Morgan fingerprint density at radius 3 is 2.53 bits per heavy atom. The lowest BCUT2D eigenvalue weighted by molar-refractivity contribution is 0.776. The molecule has 0 aromatic carbocycles. The van der Waals surface area contributed by atoms with Gasteiger partial charge < -0.3 is 4.40 Å². The monoisotopic (exact) mass is 258 g/mol. The first kappa shape index (κ1) is 15.0. The fraction of sp³-hybridized carbons (Fsp3) is 0.333. The van der Waals surface area contributed by atoms with Gasteiger partial charge in [-0.3, -0.25) is 4.68 Å². The third-order valence-electron chi connectivity index (χ3n) is 2.83. The van der Waals surface area contributed by atoms with Crippen LogP contribution in [0.15, 0.2) is 37.1 Å². The average molecular weight is 258 g/mol. The van der Waals surface area contributed by atoms with E-state index in [4.69, 9.17) is 0 Å². The standard InChI is InChI=1S/C12H12N4.C2H6.CH4/c1-9-6-14-15(2)12(9)10-4-3-5-16-8-13-7-11(10)16;1-2;/h3-8H,1-2H3;1-2H3;1H4. The Kier molecular flexibility index (Phi) is 4.87. The van der Waals surface area contributed by atoms with Gasteiger partial charge in [0.05, 0.1) is 29.9 Å². The maximum Gasteiger partial charge on any atom is 0.0992 e. The Hall–Kier alpha value is -2.10. The molecule has 0 N–H and O–H groups in total. The number of aryl methyl sites for hydroxylation is 2. The number of nitrogens with zero attached hydrogens (tertiary/aromatic N) is 4. The number of rotatable bonds is 1. The minimum absolute atomic E-state index is 0. The van der Waals surface area contributed by atoms with Gasteiger partial charge in [0.1, 0.15) is 0 Å². The number of hydrogen-bond acceptors (Lipinski definition) is 2. The first-order valence-corrected chi connectivity index (χ1v) is 6.17. The molecule has 3 aromatic heterocycles. The summed E-state index contributed by atoms with van der Waals surface area (Å²) in [4.78, 5) is 4.16. The zero-order valence-electron chi connectivity index (χ0n) is 11.3. The highest BCUT2D eigenvalue weighted by molar-refractivity contribution is 5.79. The van der Waals surface area contributed by atoms with Gasteiger partial charge in [0.2, 0.25) is 0 Å². The predicted octanol–water partition coefficient (Wildman–Crippen LogP) is 3.71. The van der Waals surface area contributed by atoms with Crippen LogP contribution in [0.1, 0.15) is 26.8 Å². The van der Waals surface area contributed by atoms with Crippen LogP contribution in [0.4, 0.5) is 0 Å². The molecule has 0 aliphatic heterocycles. The van der Waals surface area contributed by atoms with Gasteiger partial charge >= 0.3 is 0 Å². The molecule has 3 aromatic rings. The van der Waals surface area contributed by atoms with Crippen LogP contribution >= 0.6 is 0 Å². The fourth-order valence-corrected chi connectivity index (χ4v) is 2.08. The number of fused-ring (bicyclic) bond motifs is 1. The van der Waals surface area contributed by atoms with Crippen molar-refractivity contribution in [2.24, 2.45) is 7.05 Å². The summed E-state index contributed by atoms with van der Waals surface area (Å²) in [6.07, 6.45) is 7.57. The van der Waals surface area contributed by atoms with Crippen LogP contribution < -0.4 is 0 Å². The summed E-state index contributed by atoms with van der Waals surface area (Å²) < 4.78 is 3.92. The highest BCUT2D eigenvalue weighted by atomic mass is 15.3. The molecule has 0 amide bonds. The van der Waals surface area contributed by atoms with E-state index in [2.05, 4.69) is 23.1 Å². The normalized spacial score (nSPS) is 9.68. The van der Waals surface area contributed by atoms with E-state index < -0.39 is 0 Å². The third-order valence-corrected chi connectivity index (χ3v) is 2.83. The van der Waals surface area contributed by atoms with Crippen molar-refractivity contribution in [3.05, 3.63) is 42.6 Å². The molecule has 0 aliphatic rings. The van der Waals surface area contributed by atoms with Crippen molar-refractivity contribution >= 4 is 5.52 Å². The Bertz CT molecular complexity index is 630. The van der Waals surface area contributed by atoms with Crippen molar-refractivity contribution in [3.63, 3.8) is 0 Å². The lowest BCUT2D eigenvalue weighted by atomic mass is 10.1. The van der Waals surface area contributed by atoms with Crippen molar-refractivity contribution in [1.82, 2.24) is 19.2 Å². The zero-order valence-corrected chi connectivity index (χ0v) is 11.3. The maximum absolute atomic E-state index is 4.27. The van der Waals surface area contributed by atoms with Crippen LogP contribution in [-0.4, -0.2) is 19.2 Å². The van der Waals surface area contributed by atoms with Gasteiger partial charge in [-0.1, -0.05) is 21.3 Å². The van der Waals surface area contributed by atoms with Gasteiger partial charge in [0, 0.05) is 18.8 Å². The summed E-state index contributed by atoms with van der Waals surface area (Å²) in [5.74, 6) is 0. The number of aromatic nitrogens is 4. The summed E-state index contributed by atoms with van der Waals surface area (Å²) in [6.45, 7) is 6.07. The second-order valence-corrected chi connectivity index (χ2v) is 3.91. The predicted molar refractivity (Wildman–Crippen MR) is 80.2 cm³/mol. The number of pyridine rings is 1. The smallest absolute Gasteiger partial charge is 0.0992 e. The largest absolute Gasteiger partial charge is 0.306 e. The molecule has 0 atom stereocenters. The lowest BCUT2D eigenvalue weighted by Crippen LogP contribution is -1.96. The maximum atomic E-state index is 4.27. The highest BCUT2D eigenvalue weighted by Gasteiger charge is 2.10. The van der Waals surface area contributed by atoms with Crippen molar-refractivity contribution in [1.29, 1.82) is 0 Å². The Labute approximate surface area is 114 Å². The first-order chi connectivity index (χ1) is 8.77. The minimum Gasteiger partial charge on any atom is -0.306 e. The molecule has 0 unspecified atom stereocenters. The zero-order chi connectivity index (χ0) is 13.1. The Morgan fingerprint density at radius 1 is 1.16 bits per heavy atom. The molecule has 19 heavy (non-hydrogen) atoms. The second-order valence-electron chi connectivity index (χ2n) is 3.91. The van der Waals surface area contributed by atoms with Crippen molar-refractivity contribution in [2.45, 2.75) is 28.2 Å². The van der Waals surface area contributed by atoms with Crippen LogP contribution in [0.25, 0.3) is 16.8 Å². The van der Waals surface area contributed by atoms with Crippen LogP contribution in [0.3, 0.4) is 0 Å². The Balaban J connectivity index is 0.000000576. The van der Waals surface area contributed by atoms with E-state index in [0.29, 0.717) is 0 Å². The van der Waals surface area contributed by atoms with E-state index in [1.54, 1.807) is 0 Å². The quantitative estimate of drug-likeness (QED) is 0.667. The lowest BCUT2D eigenvalue weighted by Gasteiger charge is -2.06. The molecular formula is C15H22N4. The minimum atomic E-state index is 0. The molecule has 3 heterocycles. The van der Waals surface area contributed by atoms with E-state index in [0.717, 1.165) is 16.8 Å². The topological polar surface area (TPSA) is 35.1 Å². The molecule has 0 spiro atoms. The molecule has 3 rings (SSSR count). The summed E-state index contributed by atoms with van der Waals surface area (Å²) in [5.41, 5.74) is 4.59. The molecule has 4 heteroatoms. The van der Waals surface area contributed by atoms with Crippen molar-refractivity contribution in [2.75, 3.05) is 0 Å².